The lowest BCUT2D eigenvalue weighted by molar-refractivity contribution is -0.260. The van der Waals surface area contributed by atoms with Crippen LogP contribution in [0.3, 0.4) is 0 Å². The maximum Gasteiger partial charge on any atom is 0.255 e. The molecule has 1 spiro atoms. The van der Waals surface area contributed by atoms with E-state index in [1.165, 1.54) is 0 Å². The molecule has 3 heterocycles. The molecule has 1 aliphatic carbocycles. The standard InChI is InChI=1S/C21H31N5O4/c27-17-15-20(5-1-2-6-20)16-18(28)26(17)21(29,30)7-3-10-24-11-13-25(14-12-24)19-22-8-4-9-23-19/h4,8-9,29-30H,1-3,5-7,10-16H2. The first-order chi connectivity index (χ1) is 14.4. The molecule has 4 rings (SSSR count). The van der Waals surface area contributed by atoms with Crippen LogP contribution in [0.2, 0.25) is 0 Å². The van der Waals surface area contributed by atoms with Crippen molar-refractivity contribution >= 4 is 17.8 Å². The first-order valence-corrected chi connectivity index (χ1v) is 10.9. The lowest BCUT2D eigenvalue weighted by atomic mass is 9.76. The molecule has 2 amide bonds. The van der Waals surface area contributed by atoms with Crippen molar-refractivity contribution in [2.45, 2.75) is 57.3 Å². The summed E-state index contributed by atoms with van der Waals surface area (Å²) in [6.07, 6.45) is 8.21. The monoisotopic (exact) mass is 417 g/mol. The highest BCUT2D eigenvalue weighted by Gasteiger charge is 2.50. The Morgan fingerprint density at radius 2 is 1.57 bits per heavy atom. The van der Waals surface area contributed by atoms with Gasteiger partial charge in [-0.3, -0.25) is 14.5 Å². The zero-order valence-corrected chi connectivity index (χ0v) is 17.4. The predicted octanol–water partition coefficient (Wildman–Crippen LogP) is 0.727. The van der Waals surface area contributed by atoms with Crippen LogP contribution in [0, 0.1) is 5.41 Å². The molecule has 1 saturated carbocycles. The fourth-order valence-electron chi connectivity index (χ4n) is 5.16. The summed E-state index contributed by atoms with van der Waals surface area (Å²) < 4.78 is 0. The summed E-state index contributed by atoms with van der Waals surface area (Å²) in [5, 5.41) is 21.1. The van der Waals surface area contributed by atoms with Gasteiger partial charge >= 0.3 is 0 Å². The Morgan fingerprint density at radius 1 is 0.967 bits per heavy atom. The number of carbonyl (C=O) groups is 2. The molecule has 30 heavy (non-hydrogen) atoms. The molecular weight excluding hydrogens is 386 g/mol. The van der Waals surface area contributed by atoms with Crippen LogP contribution in [0.1, 0.15) is 51.4 Å². The molecule has 2 saturated heterocycles. The number of anilines is 1. The van der Waals surface area contributed by atoms with Crippen LogP contribution in [0.5, 0.6) is 0 Å². The number of imide groups is 1. The van der Waals surface area contributed by atoms with Gasteiger partial charge in [-0.25, -0.2) is 14.9 Å². The predicted molar refractivity (Wildman–Crippen MR) is 109 cm³/mol. The number of piperidine rings is 1. The summed E-state index contributed by atoms with van der Waals surface area (Å²) in [5.41, 5.74) is -0.247. The second-order valence-corrected chi connectivity index (χ2v) is 8.94. The molecule has 0 unspecified atom stereocenters. The summed E-state index contributed by atoms with van der Waals surface area (Å²) in [4.78, 5) is 38.8. The number of likely N-dealkylation sites (tertiary alicyclic amines) is 1. The van der Waals surface area contributed by atoms with Crippen LogP contribution in [0.4, 0.5) is 5.95 Å². The van der Waals surface area contributed by atoms with Gasteiger partial charge in [0.1, 0.15) is 0 Å². The highest BCUT2D eigenvalue weighted by molar-refractivity contribution is 5.99. The van der Waals surface area contributed by atoms with E-state index in [2.05, 4.69) is 19.8 Å². The number of hydrogen-bond donors (Lipinski definition) is 2. The zero-order valence-electron chi connectivity index (χ0n) is 17.4. The fourth-order valence-corrected chi connectivity index (χ4v) is 5.16. The average Bonchev–Trinajstić information content (AvgIpc) is 3.15. The minimum atomic E-state index is -2.41. The third-order valence-corrected chi connectivity index (χ3v) is 6.77. The maximum atomic E-state index is 12.6. The van der Waals surface area contributed by atoms with Crippen LogP contribution >= 0.6 is 0 Å². The van der Waals surface area contributed by atoms with Gasteiger partial charge in [0.15, 0.2) is 0 Å². The van der Waals surface area contributed by atoms with Crippen LogP contribution < -0.4 is 4.90 Å². The number of hydrogen-bond acceptors (Lipinski definition) is 8. The zero-order chi connectivity index (χ0) is 21.2. The Morgan fingerprint density at radius 3 is 2.17 bits per heavy atom. The van der Waals surface area contributed by atoms with Crippen molar-refractivity contribution in [3.63, 3.8) is 0 Å². The van der Waals surface area contributed by atoms with E-state index in [0.29, 0.717) is 17.9 Å². The van der Waals surface area contributed by atoms with Crippen molar-refractivity contribution in [3.8, 4) is 0 Å². The molecule has 2 N–H and O–H groups in total. The number of nitrogens with zero attached hydrogens (tertiary/aromatic N) is 5. The van der Waals surface area contributed by atoms with Gasteiger partial charge in [-0.05, 0) is 37.3 Å². The molecule has 2 aliphatic heterocycles. The molecule has 1 aromatic rings. The average molecular weight is 418 g/mol. The largest absolute Gasteiger partial charge is 0.348 e. The van der Waals surface area contributed by atoms with E-state index in [9.17, 15) is 19.8 Å². The molecule has 0 aromatic carbocycles. The highest BCUT2D eigenvalue weighted by atomic mass is 16.5. The molecule has 0 radical (unpaired) electrons. The van der Waals surface area contributed by atoms with Crippen LogP contribution in [0.15, 0.2) is 18.5 Å². The Hall–Kier alpha value is -2.10. The van der Waals surface area contributed by atoms with Crippen molar-refractivity contribution in [1.82, 2.24) is 19.8 Å². The number of rotatable bonds is 6. The molecule has 164 valence electrons. The summed E-state index contributed by atoms with van der Waals surface area (Å²) in [6, 6.07) is 1.79. The number of piperazine rings is 1. The van der Waals surface area contributed by atoms with E-state index in [-0.39, 0.29) is 24.7 Å². The second kappa shape index (κ2) is 8.56. The van der Waals surface area contributed by atoms with E-state index in [4.69, 9.17) is 0 Å². The smallest absolute Gasteiger partial charge is 0.255 e. The Labute approximate surface area is 176 Å². The highest BCUT2D eigenvalue weighted by Crippen LogP contribution is 2.47. The Kier molecular flexibility index (Phi) is 6.04. The maximum absolute atomic E-state index is 12.6. The van der Waals surface area contributed by atoms with E-state index in [1.807, 2.05) is 0 Å². The fraction of sp³-hybridized carbons (Fsp3) is 0.714. The summed E-state index contributed by atoms with van der Waals surface area (Å²) >= 11 is 0. The number of aromatic nitrogens is 2. The lowest BCUT2D eigenvalue weighted by Gasteiger charge is -2.42. The molecule has 0 atom stereocenters. The van der Waals surface area contributed by atoms with Crippen molar-refractivity contribution in [2.75, 3.05) is 37.6 Å². The third-order valence-electron chi connectivity index (χ3n) is 6.77. The first kappa shape index (κ1) is 21.1. The summed E-state index contributed by atoms with van der Waals surface area (Å²) in [7, 11) is 0. The molecule has 9 nitrogen and oxygen atoms in total. The summed E-state index contributed by atoms with van der Waals surface area (Å²) in [5.74, 6) is -2.58. The van der Waals surface area contributed by atoms with E-state index in [1.54, 1.807) is 18.5 Å². The topological polar surface area (TPSA) is 110 Å². The number of aliphatic hydroxyl groups is 2. The molecule has 1 aromatic heterocycles. The van der Waals surface area contributed by atoms with Gasteiger partial charge in [0.05, 0.1) is 0 Å². The normalized spacial score (nSPS) is 22.9. The van der Waals surface area contributed by atoms with Crippen LogP contribution in [-0.4, -0.2) is 80.4 Å². The Balaban J connectivity index is 1.25. The first-order valence-electron chi connectivity index (χ1n) is 10.9. The molecule has 3 aliphatic rings. The van der Waals surface area contributed by atoms with Gasteiger partial charge in [-0.1, -0.05) is 12.8 Å². The van der Waals surface area contributed by atoms with Crippen LogP contribution in [-0.2, 0) is 9.59 Å². The SMILES string of the molecule is O=C1CC2(CCCC2)CC(=O)N1C(O)(O)CCCN1CCN(c2ncccn2)CC1. The van der Waals surface area contributed by atoms with E-state index in [0.717, 1.165) is 57.8 Å². The van der Waals surface area contributed by atoms with E-state index >= 15 is 0 Å². The van der Waals surface area contributed by atoms with Crippen molar-refractivity contribution in [1.29, 1.82) is 0 Å². The minimum absolute atomic E-state index is 0.0422. The van der Waals surface area contributed by atoms with Crippen LogP contribution in [0.25, 0.3) is 0 Å². The number of carbonyl (C=O) groups excluding carboxylic acids is 2. The van der Waals surface area contributed by atoms with Gasteiger partial charge in [-0.15, -0.1) is 0 Å². The van der Waals surface area contributed by atoms with Crippen molar-refractivity contribution in [2.24, 2.45) is 5.41 Å². The van der Waals surface area contributed by atoms with Gasteiger partial charge in [0.25, 0.3) is 5.91 Å². The second-order valence-electron chi connectivity index (χ2n) is 8.94. The van der Waals surface area contributed by atoms with E-state index < -0.39 is 17.7 Å². The van der Waals surface area contributed by atoms with Gasteiger partial charge < -0.3 is 15.1 Å². The Bertz CT molecular complexity index is 738. The number of amides is 2. The quantitative estimate of drug-likeness (QED) is 0.515. The third kappa shape index (κ3) is 4.48. The summed E-state index contributed by atoms with van der Waals surface area (Å²) in [6.45, 7) is 3.93. The molecule has 9 heteroatoms. The minimum Gasteiger partial charge on any atom is -0.348 e. The van der Waals surface area contributed by atoms with Crippen molar-refractivity contribution < 1.29 is 19.8 Å². The van der Waals surface area contributed by atoms with Gasteiger partial charge in [-0.2, -0.15) is 0 Å². The van der Waals surface area contributed by atoms with Gasteiger partial charge in [0, 0.05) is 57.8 Å². The van der Waals surface area contributed by atoms with Crippen molar-refractivity contribution in [3.05, 3.63) is 18.5 Å². The molecular formula is C21H31N5O4. The molecule has 3 fully saturated rings. The van der Waals surface area contributed by atoms with Gasteiger partial charge in [0.2, 0.25) is 17.8 Å². The molecule has 0 bridgehead atoms. The lowest BCUT2D eigenvalue weighted by Crippen LogP contribution is -2.59.